The quantitative estimate of drug-likeness (QED) is 0.544. The van der Waals surface area contributed by atoms with E-state index in [0.717, 1.165) is 48.1 Å². The molecule has 0 radical (unpaired) electrons. The maximum atomic E-state index is 13.6. The summed E-state index contributed by atoms with van der Waals surface area (Å²) >= 11 is 6.18. The van der Waals surface area contributed by atoms with Crippen LogP contribution in [0.3, 0.4) is 0 Å². The second-order valence-corrected chi connectivity index (χ2v) is 7.38. The first-order chi connectivity index (χ1) is 13.4. The van der Waals surface area contributed by atoms with Crippen molar-refractivity contribution in [3.63, 3.8) is 0 Å². The molecule has 7 heteroatoms. The molecule has 4 rings (SSSR count). The van der Waals surface area contributed by atoms with Crippen LogP contribution in [0.5, 0.6) is 0 Å². The van der Waals surface area contributed by atoms with Crippen LogP contribution in [0.1, 0.15) is 29.5 Å². The first kappa shape index (κ1) is 18.9. The van der Waals surface area contributed by atoms with Crippen LogP contribution in [0.4, 0.5) is 19.0 Å². The van der Waals surface area contributed by atoms with Gasteiger partial charge in [0.15, 0.2) is 0 Å². The van der Waals surface area contributed by atoms with E-state index in [-0.39, 0.29) is 5.56 Å². The lowest BCUT2D eigenvalue weighted by Crippen LogP contribution is -2.08. The third-order valence-corrected chi connectivity index (χ3v) is 5.25. The van der Waals surface area contributed by atoms with Gasteiger partial charge in [0.1, 0.15) is 5.82 Å². The van der Waals surface area contributed by atoms with E-state index < -0.39 is 11.7 Å². The van der Waals surface area contributed by atoms with Gasteiger partial charge >= 0.3 is 6.18 Å². The Morgan fingerprint density at radius 1 is 1.11 bits per heavy atom. The highest BCUT2D eigenvalue weighted by Gasteiger charge is 2.35. The normalized spacial score (nSPS) is 14.3. The van der Waals surface area contributed by atoms with Crippen LogP contribution in [-0.2, 0) is 12.6 Å². The number of alkyl halides is 3. The summed E-state index contributed by atoms with van der Waals surface area (Å²) < 4.78 is 42.6. The smallest absolute Gasteiger partial charge is 0.370 e. The first-order valence-electron chi connectivity index (χ1n) is 9.15. The first-order valence-corrected chi connectivity index (χ1v) is 9.53. The van der Waals surface area contributed by atoms with Crippen LogP contribution in [-0.4, -0.2) is 16.3 Å². The van der Waals surface area contributed by atoms with Crippen LogP contribution in [0.15, 0.2) is 42.5 Å². The van der Waals surface area contributed by atoms with E-state index in [1.54, 1.807) is 22.9 Å². The molecule has 3 nitrogen and oxygen atoms in total. The van der Waals surface area contributed by atoms with Crippen molar-refractivity contribution in [2.75, 3.05) is 11.9 Å². The average molecular weight is 406 g/mol. The molecule has 0 aliphatic carbocycles. The minimum absolute atomic E-state index is 0.105. The van der Waals surface area contributed by atoms with Crippen molar-refractivity contribution in [1.82, 2.24) is 9.78 Å². The number of benzene rings is 2. The second-order valence-electron chi connectivity index (χ2n) is 6.95. The standard InChI is InChI=1S/C21H19ClF3N3/c1-13-9-10-14(22)12-18(13)28-20-16(7-4-5-11-26-20)19(27-28)15-6-2-3-8-17(15)21(23,24)25/h2-3,6,8-10,12,26H,4-5,7,11H2,1H3. The van der Waals surface area contributed by atoms with Crippen molar-refractivity contribution in [1.29, 1.82) is 0 Å². The predicted octanol–water partition coefficient (Wildman–Crippen LogP) is 6.27. The number of aryl methyl sites for hydroxylation is 1. The number of hydrogen-bond donors (Lipinski definition) is 1. The van der Waals surface area contributed by atoms with Gasteiger partial charge in [-0.15, -0.1) is 0 Å². The lowest BCUT2D eigenvalue weighted by Gasteiger charge is -2.12. The molecule has 0 saturated carbocycles. The zero-order valence-electron chi connectivity index (χ0n) is 15.3. The van der Waals surface area contributed by atoms with E-state index in [1.807, 2.05) is 13.0 Å². The molecule has 0 bridgehead atoms. The van der Waals surface area contributed by atoms with Gasteiger partial charge < -0.3 is 5.32 Å². The van der Waals surface area contributed by atoms with Gasteiger partial charge in [-0.2, -0.15) is 18.3 Å². The molecule has 28 heavy (non-hydrogen) atoms. The Kier molecular flexibility index (Phi) is 4.83. The van der Waals surface area contributed by atoms with Crippen LogP contribution in [0.2, 0.25) is 5.02 Å². The second kappa shape index (κ2) is 7.17. The zero-order valence-corrected chi connectivity index (χ0v) is 16.0. The Morgan fingerprint density at radius 2 is 1.89 bits per heavy atom. The van der Waals surface area contributed by atoms with Gasteiger partial charge in [-0.1, -0.05) is 35.9 Å². The summed E-state index contributed by atoms with van der Waals surface area (Å²) in [5, 5.41) is 8.56. The SMILES string of the molecule is Cc1ccc(Cl)cc1-n1nc(-c2ccccc2C(F)(F)F)c2c1NCCCC2. The predicted molar refractivity (Wildman–Crippen MR) is 105 cm³/mol. The Balaban J connectivity index is 1.98. The molecule has 1 aliphatic heterocycles. The fourth-order valence-corrected chi connectivity index (χ4v) is 3.81. The van der Waals surface area contributed by atoms with E-state index in [4.69, 9.17) is 11.6 Å². The van der Waals surface area contributed by atoms with Gasteiger partial charge in [0.05, 0.1) is 16.9 Å². The topological polar surface area (TPSA) is 29.9 Å². The van der Waals surface area contributed by atoms with Crippen molar-refractivity contribution in [2.24, 2.45) is 0 Å². The largest absolute Gasteiger partial charge is 0.417 e. The van der Waals surface area contributed by atoms with E-state index in [1.165, 1.54) is 12.1 Å². The maximum absolute atomic E-state index is 13.6. The van der Waals surface area contributed by atoms with Gasteiger partial charge in [-0.25, -0.2) is 4.68 Å². The fraction of sp³-hybridized carbons (Fsp3) is 0.286. The number of rotatable bonds is 2. The molecule has 146 valence electrons. The third kappa shape index (κ3) is 3.37. The molecule has 3 aromatic rings. The number of nitrogens with one attached hydrogen (secondary N) is 1. The van der Waals surface area contributed by atoms with Crippen molar-refractivity contribution in [3.05, 3.63) is 64.2 Å². The molecule has 2 aromatic carbocycles. The molecule has 0 amide bonds. The molecule has 1 N–H and O–H groups in total. The third-order valence-electron chi connectivity index (χ3n) is 5.02. The molecular formula is C21H19ClF3N3. The summed E-state index contributed by atoms with van der Waals surface area (Å²) in [6.07, 6.45) is -1.94. The highest BCUT2D eigenvalue weighted by Crippen LogP contribution is 2.41. The number of halogens is 4. The highest BCUT2D eigenvalue weighted by atomic mass is 35.5. The lowest BCUT2D eigenvalue weighted by molar-refractivity contribution is -0.137. The van der Waals surface area contributed by atoms with Gasteiger partial charge in [-0.05, 0) is 49.9 Å². The number of nitrogens with zero attached hydrogens (tertiary/aromatic N) is 2. The van der Waals surface area contributed by atoms with Crippen molar-refractivity contribution in [3.8, 4) is 16.9 Å². The van der Waals surface area contributed by atoms with Crippen LogP contribution in [0, 0.1) is 6.92 Å². The molecule has 1 aromatic heterocycles. The van der Waals surface area contributed by atoms with Gasteiger partial charge in [0, 0.05) is 22.7 Å². The summed E-state index contributed by atoms with van der Waals surface area (Å²) in [7, 11) is 0. The lowest BCUT2D eigenvalue weighted by atomic mass is 9.99. The Labute approximate surface area is 166 Å². The molecule has 0 saturated heterocycles. The minimum atomic E-state index is -4.45. The summed E-state index contributed by atoms with van der Waals surface area (Å²) in [5.41, 5.74) is 2.32. The molecule has 0 unspecified atom stereocenters. The van der Waals surface area contributed by atoms with Crippen molar-refractivity contribution in [2.45, 2.75) is 32.4 Å². The monoisotopic (exact) mass is 405 g/mol. The highest BCUT2D eigenvalue weighted by molar-refractivity contribution is 6.30. The summed E-state index contributed by atoms with van der Waals surface area (Å²) in [5.74, 6) is 0.745. The minimum Gasteiger partial charge on any atom is -0.370 e. The van der Waals surface area contributed by atoms with Crippen LogP contribution >= 0.6 is 11.6 Å². The van der Waals surface area contributed by atoms with Gasteiger partial charge in [-0.3, -0.25) is 0 Å². The number of fused-ring (bicyclic) bond motifs is 1. The number of anilines is 1. The van der Waals surface area contributed by atoms with Gasteiger partial charge in [0.25, 0.3) is 0 Å². The van der Waals surface area contributed by atoms with Crippen molar-refractivity contribution >= 4 is 17.4 Å². The van der Waals surface area contributed by atoms with E-state index in [2.05, 4.69) is 10.4 Å². The molecule has 0 spiro atoms. The fourth-order valence-electron chi connectivity index (χ4n) is 3.64. The Bertz CT molecular complexity index is 1020. The van der Waals surface area contributed by atoms with Crippen molar-refractivity contribution < 1.29 is 13.2 Å². The molecular weight excluding hydrogens is 387 g/mol. The molecule has 2 heterocycles. The van der Waals surface area contributed by atoms with E-state index >= 15 is 0 Å². The Hall–Kier alpha value is -2.47. The number of hydrogen-bond acceptors (Lipinski definition) is 2. The number of aromatic nitrogens is 2. The van der Waals surface area contributed by atoms with E-state index in [9.17, 15) is 13.2 Å². The Morgan fingerprint density at radius 3 is 2.68 bits per heavy atom. The molecule has 1 aliphatic rings. The molecule has 0 atom stereocenters. The average Bonchev–Trinajstić information content (AvgIpc) is 2.84. The summed E-state index contributed by atoms with van der Waals surface area (Å²) in [6, 6.07) is 11.1. The summed E-state index contributed by atoms with van der Waals surface area (Å²) in [6.45, 7) is 2.68. The maximum Gasteiger partial charge on any atom is 0.417 e. The van der Waals surface area contributed by atoms with E-state index in [0.29, 0.717) is 17.1 Å². The van der Waals surface area contributed by atoms with Crippen LogP contribution in [0.25, 0.3) is 16.9 Å². The summed E-state index contributed by atoms with van der Waals surface area (Å²) in [4.78, 5) is 0. The van der Waals surface area contributed by atoms with Crippen LogP contribution < -0.4 is 5.32 Å². The zero-order chi connectivity index (χ0) is 19.9. The molecule has 0 fully saturated rings. The van der Waals surface area contributed by atoms with Gasteiger partial charge in [0.2, 0.25) is 0 Å².